The lowest BCUT2D eigenvalue weighted by Gasteiger charge is -2.20. The number of esters is 1. The van der Waals surface area contributed by atoms with Gasteiger partial charge >= 0.3 is 5.97 Å². The summed E-state index contributed by atoms with van der Waals surface area (Å²) in [6, 6.07) is 9.32. The second-order valence-corrected chi connectivity index (χ2v) is 6.73. The summed E-state index contributed by atoms with van der Waals surface area (Å²) in [6.45, 7) is 0.719. The molecule has 29 heavy (non-hydrogen) atoms. The standard InChI is InChI=1S/C20H18N2O7/c23-18-2-1-7-21(18)16-5-3-13(4-6-16)20(24)28-11-15-9-17(22(25)26)8-14-10-27-12-29-19(14)15/h3-6,8-9H,1-2,7,10-12H2. The lowest BCUT2D eigenvalue weighted by molar-refractivity contribution is -0.385. The van der Waals surface area contributed by atoms with Gasteiger partial charge in [-0.2, -0.15) is 0 Å². The van der Waals surface area contributed by atoms with Crippen LogP contribution in [-0.4, -0.2) is 30.1 Å². The van der Waals surface area contributed by atoms with Crippen LogP contribution in [-0.2, 0) is 27.5 Å². The van der Waals surface area contributed by atoms with E-state index in [-0.39, 0.29) is 31.6 Å². The van der Waals surface area contributed by atoms with Crippen molar-refractivity contribution in [1.82, 2.24) is 0 Å². The van der Waals surface area contributed by atoms with E-state index in [2.05, 4.69) is 0 Å². The molecule has 1 fully saturated rings. The lowest BCUT2D eigenvalue weighted by atomic mass is 10.1. The van der Waals surface area contributed by atoms with E-state index in [4.69, 9.17) is 14.2 Å². The Morgan fingerprint density at radius 3 is 2.72 bits per heavy atom. The molecule has 9 nitrogen and oxygen atoms in total. The molecule has 0 N–H and O–H groups in total. The number of hydrogen-bond acceptors (Lipinski definition) is 7. The van der Waals surface area contributed by atoms with Crippen molar-refractivity contribution in [3.05, 3.63) is 63.2 Å². The summed E-state index contributed by atoms with van der Waals surface area (Å²) in [6.07, 6.45) is 1.35. The molecule has 0 radical (unpaired) electrons. The van der Waals surface area contributed by atoms with Crippen molar-refractivity contribution < 1.29 is 28.7 Å². The summed E-state index contributed by atoms with van der Waals surface area (Å²) in [5.41, 5.74) is 1.89. The van der Waals surface area contributed by atoms with Crippen molar-refractivity contribution in [2.75, 3.05) is 18.2 Å². The first kappa shape index (κ1) is 18.9. The molecular formula is C20H18N2O7. The Hall–Kier alpha value is -3.46. The Bertz CT molecular complexity index is 972. The van der Waals surface area contributed by atoms with E-state index in [0.29, 0.717) is 35.4 Å². The number of rotatable bonds is 5. The number of benzene rings is 2. The maximum absolute atomic E-state index is 12.4. The Morgan fingerprint density at radius 2 is 2.03 bits per heavy atom. The van der Waals surface area contributed by atoms with Crippen molar-refractivity contribution in [1.29, 1.82) is 0 Å². The van der Waals surface area contributed by atoms with Crippen molar-refractivity contribution in [2.24, 2.45) is 0 Å². The zero-order valence-electron chi connectivity index (χ0n) is 15.5. The van der Waals surface area contributed by atoms with Crippen molar-refractivity contribution >= 4 is 23.3 Å². The molecule has 4 rings (SSSR count). The van der Waals surface area contributed by atoms with Crippen LogP contribution in [0.25, 0.3) is 0 Å². The quantitative estimate of drug-likeness (QED) is 0.433. The smallest absolute Gasteiger partial charge is 0.338 e. The highest BCUT2D eigenvalue weighted by Gasteiger charge is 2.23. The van der Waals surface area contributed by atoms with Gasteiger partial charge in [0, 0.05) is 41.9 Å². The van der Waals surface area contributed by atoms with Gasteiger partial charge in [0.15, 0.2) is 6.79 Å². The first-order valence-corrected chi connectivity index (χ1v) is 9.11. The molecule has 2 heterocycles. The zero-order valence-corrected chi connectivity index (χ0v) is 15.5. The third-order valence-corrected chi connectivity index (χ3v) is 4.83. The van der Waals surface area contributed by atoms with Crippen LogP contribution >= 0.6 is 0 Å². The number of ether oxygens (including phenoxy) is 3. The van der Waals surface area contributed by atoms with Crippen LogP contribution in [0.5, 0.6) is 5.75 Å². The fourth-order valence-electron chi connectivity index (χ4n) is 3.42. The predicted octanol–water partition coefficient (Wildman–Crippen LogP) is 2.95. The Kier molecular flexibility index (Phi) is 5.13. The average molecular weight is 398 g/mol. The summed E-state index contributed by atoms with van der Waals surface area (Å²) in [7, 11) is 0. The lowest BCUT2D eigenvalue weighted by Crippen LogP contribution is -2.23. The fourth-order valence-corrected chi connectivity index (χ4v) is 3.42. The van der Waals surface area contributed by atoms with Gasteiger partial charge in [0.2, 0.25) is 5.91 Å². The summed E-state index contributed by atoms with van der Waals surface area (Å²) in [5, 5.41) is 11.2. The Labute approximate surface area is 165 Å². The summed E-state index contributed by atoms with van der Waals surface area (Å²) in [5.74, 6) is -0.0612. The number of carbonyl (C=O) groups is 2. The Morgan fingerprint density at radius 1 is 1.24 bits per heavy atom. The number of anilines is 1. The van der Waals surface area contributed by atoms with E-state index in [1.807, 2.05) is 0 Å². The second kappa shape index (κ2) is 7.88. The van der Waals surface area contributed by atoms with E-state index >= 15 is 0 Å². The first-order valence-electron chi connectivity index (χ1n) is 9.11. The first-order chi connectivity index (χ1) is 14.0. The molecule has 2 aliphatic heterocycles. The number of fused-ring (bicyclic) bond motifs is 1. The number of nitrogens with zero attached hydrogens (tertiary/aromatic N) is 2. The molecular weight excluding hydrogens is 380 g/mol. The van der Waals surface area contributed by atoms with Gasteiger partial charge in [0.05, 0.1) is 17.1 Å². The van der Waals surface area contributed by atoms with Crippen LogP contribution in [0.2, 0.25) is 0 Å². The predicted molar refractivity (Wildman–Crippen MR) is 101 cm³/mol. The molecule has 0 saturated carbocycles. The van der Waals surface area contributed by atoms with Crippen LogP contribution in [0.1, 0.15) is 34.3 Å². The largest absolute Gasteiger partial charge is 0.467 e. The third kappa shape index (κ3) is 3.90. The number of nitro groups is 1. The number of amides is 1. The summed E-state index contributed by atoms with van der Waals surface area (Å²) in [4.78, 5) is 36.5. The van der Waals surface area contributed by atoms with Gasteiger partial charge in [0.1, 0.15) is 12.4 Å². The molecule has 0 aromatic heterocycles. The van der Waals surface area contributed by atoms with Crippen LogP contribution in [0.4, 0.5) is 11.4 Å². The normalized spacial score (nSPS) is 15.6. The van der Waals surface area contributed by atoms with Crippen LogP contribution < -0.4 is 9.64 Å². The molecule has 150 valence electrons. The SMILES string of the molecule is O=C(OCc1cc([N+](=O)[O-])cc2c1OCOC2)c1ccc(N2CCCC2=O)cc1. The van der Waals surface area contributed by atoms with E-state index in [9.17, 15) is 19.7 Å². The minimum Gasteiger partial charge on any atom is -0.467 e. The Balaban J connectivity index is 1.47. The molecule has 9 heteroatoms. The van der Waals surface area contributed by atoms with Crippen molar-refractivity contribution in [3.63, 3.8) is 0 Å². The van der Waals surface area contributed by atoms with Crippen molar-refractivity contribution in [3.8, 4) is 5.75 Å². The van der Waals surface area contributed by atoms with E-state index in [1.54, 1.807) is 29.2 Å². The van der Waals surface area contributed by atoms with Gasteiger partial charge in [-0.3, -0.25) is 14.9 Å². The maximum Gasteiger partial charge on any atom is 0.338 e. The second-order valence-electron chi connectivity index (χ2n) is 6.73. The molecule has 2 aliphatic rings. The van der Waals surface area contributed by atoms with Gasteiger partial charge in [0.25, 0.3) is 5.69 Å². The molecule has 1 saturated heterocycles. The molecule has 0 aliphatic carbocycles. The van der Waals surface area contributed by atoms with Crippen LogP contribution in [0.15, 0.2) is 36.4 Å². The minimum atomic E-state index is -0.573. The molecule has 0 atom stereocenters. The van der Waals surface area contributed by atoms with Gasteiger partial charge in [-0.1, -0.05) is 0 Å². The van der Waals surface area contributed by atoms with Gasteiger partial charge in [-0.25, -0.2) is 4.79 Å². The monoisotopic (exact) mass is 398 g/mol. The van der Waals surface area contributed by atoms with Gasteiger partial charge in [-0.05, 0) is 30.7 Å². The van der Waals surface area contributed by atoms with E-state index < -0.39 is 10.9 Å². The van der Waals surface area contributed by atoms with Crippen molar-refractivity contribution in [2.45, 2.75) is 26.1 Å². The van der Waals surface area contributed by atoms with E-state index in [1.165, 1.54) is 12.1 Å². The zero-order chi connectivity index (χ0) is 20.4. The summed E-state index contributed by atoms with van der Waals surface area (Å²) >= 11 is 0. The number of hydrogen-bond donors (Lipinski definition) is 0. The van der Waals surface area contributed by atoms with Gasteiger partial charge < -0.3 is 19.1 Å². The highest BCUT2D eigenvalue weighted by atomic mass is 16.7. The molecule has 0 bridgehead atoms. The maximum atomic E-state index is 12.4. The third-order valence-electron chi connectivity index (χ3n) is 4.83. The topological polar surface area (TPSA) is 108 Å². The van der Waals surface area contributed by atoms with E-state index in [0.717, 1.165) is 12.1 Å². The minimum absolute atomic E-state index is 0.0302. The molecule has 2 aromatic carbocycles. The average Bonchev–Trinajstić information content (AvgIpc) is 3.17. The summed E-state index contributed by atoms with van der Waals surface area (Å²) < 4.78 is 15.9. The molecule has 0 unspecified atom stereocenters. The molecule has 2 aromatic rings. The molecule has 0 spiro atoms. The van der Waals surface area contributed by atoms with Crippen LogP contribution in [0.3, 0.4) is 0 Å². The fraction of sp³-hybridized carbons (Fsp3) is 0.300. The van der Waals surface area contributed by atoms with Crippen LogP contribution in [0, 0.1) is 10.1 Å². The number of non-ortho nitro benzene ring substituents is 1. The highest BCUT2D eigenvalue weighted by molar-refractivity contribution is 5.96. The highest BCUT2D eigenvalue weighted by Crippen LogP contribution is 2.33. The number of carbonyl (C=O) groups excluding carboxylic acids is 2. The number of nitro benzene ring substituents is 1. The molecule has 1 amide bonds. The van der Waals surface area contributed by atoms with Gasteiger partial charge in [-0.15, -0.1) is 0 Å².